The number of aliphatic imine (C=N–C) groups is 1. The topological polar surface area (TPSA) is 54.4 Å². The van der Waals surface area contributed by atoms with E-state index in [1.165, 1.54) is 12.1 Å². The Morgan fingerprint density at radius 2 is 1.96 bits per heavy atom. The van der Waals surface area contributed by atoms with Gasteiger partial charge in [0.15, 0.2) is 5.78 Å². The SMILES string of the molecule is O=C1CCCC2=C1C(c1ccc(F)cc1)N=C(c1cccnc1)N2. The van der Waals surface area contributed by atoms with E-state index in [0.717, 1.165) is 29.7 Å². The van der Waals surface area contributed by atoms with E-state index in [2.05, 4.69) is 10.3 Å². The number of aromatic nitrogens is 1. The lowest BCUT2D eigenvalue weighted by Crippen LogP contribution is -2.35. The number of halogens is 1. The number of carbonyl (C=O) groups is 1. The molecule has 0 bridgehead atoms. The number of benzene rings is 1. The van der Waals surface area contributed by atoms with E-state index in [-0.39, 0.29) is 11.6 Å². The van der Waals surface area contributed by atoms with E-state index in [9.17, 15) is 9.18 Å². The van der Waals surface area contributed by atoms with Crippen molar-refractivity contribution in [2.24, 2.45) is 4.99 Å². The summed E-state index contributed by atoms with van der Waals surface area (Å²) < 4.78 is 13.3. The van der Waals surface area contributed by atoms with Crippen LogP contribution in [0, 0.1) is 5.82 Å². The monoisotopic (exact) mass is 321 g/mol. The molecule has 2 aliphatic rings. The standard InChI is InChI=1S/C19H16FN3O/c20-14-8-6-12(7-9-14)18-17-15(4-1-5-16(17)24)22-19(23-18)13-3-2-10-21-11-13/h2-3,6-11,18H,1,4-5H2,(H,22,23). The Morgan fingerprint density at radius 3 is 2.71 bits per heavy atom. The number of allylic oxidation sites excluding steroid dienone is 1. The summed E-state index contributed by atoms with van der Waals surface area (Å²) in [5.41, 5.74) is 3.33. The summed E-state index contributed by atoms with van der Waals surface area (Å²) >= 11 is 0. The van der Waals surface area contributed by atoms with Gasteiger partial charge in [-0.2, -0.15) is 0 Å². The van der Waals surface area contributed by atoms with Gasteiger partial charge in [0.25, 0.3) is 0 Å². The number of Topliss-reactive ketones (excluding diaryl/α,β-unsaturated/α-hetero) is 1. The number of nitrogens with one attached hydrogen (secondary N) is 1. The normalized spacial score (nSPS) is 20.3. The van der Waals surface area contributed by atoms with Gasteiger partial charge in [-0.05, 0) is 42.7 Å². The Bertz CT molecular complexity index is 841. The number of hydrogen-bond acceptors (Lipinski definition) is 4. The maximum Gasteiger partial charge on any atom is 0.163 e. The Kier molecular flexibility index (Phi) is 3.69. The van der Waals surface area contributed by atoms with Gasteiger partial charge in [0, 0.05) is 35.6 Å². The van der Waals surface area contributed by atoms with Crippen molar-refractivity contribution in [2.75, 3.05) is 0 Å². The molecule has 1 unspecified atom stereocenters. The maximum absolute atomic E-state index is 13.3. The quantitative estimate of drug-likeness (QED) is 0.923. The van der Waals surface area contributed by atoms with Crippen LogP contribution in [0.15, 0.2) is 65.1 Å². The first-order chi connectivity index (χ1) is 11.7. The molecule has 0 saturated carbocycles. The van der Waals surface area contributed by atoms with Crippen LogP contribution in [0.2, 0.25) is 0 Å². The summed E-state index contributed by atoms with van der Waals surface area (Å²) in [5.74, 6) is 0.520. The smallest absolute Gasteiger partial charge is 0.163 e. The number of carbonyl (C=O) groups excluding carboxylic acids is 1. The van der Waals surface area contributed by atoms with E-state index in [1.54, 1.807) is 24.5 Å². The predicted molar refractivity (Wildman–Crippen MR) is 88.9 cm³/mol. The molecule has 5 heteroatoms. The van der Waals surface area contributed by atoms with Crippen LogP contribution in [0.1, 0.15) is 36.4 Å². The zero-order valence-electron chi connectivity index (χ0n) is 13.0. The van der Waals surface area contributed by atoms with Crippen molar-refractivity contribution >= 4 is 11.6 Å². The lowest BCUT2D eigenvalue weighted by atomic mass is 9.85. The average Bonchev–Trinajstić information content (AvgIpc) is 2.62. The molecule has 4 rings (SSSR count). The number of pyridine rings is 1. The summed E-state index contributed by atoms with van der Waals surface area (Å²) in [7, 11) is 0. The molecule has 2 heterocycles. The molecule has 0 radical (unpaired) electrons. The number of nitrogens with zero attached hydrogens (tertiary/aromatic N) is 2. The Labute approximate surface area is 139 Å². The Morgan fingerprint density at radius 1 is 1.12 bits per heavy atom. The van der Waals surface area contributed by atoms with E-state index in [1.807, 2.05) is 12.1 Å². The predicted octanol–water partition coefficient (Wildman–Crippen LogP) is 3.32. The fourth-order valence-corrected chi connectivity index (χ4v) is 3.22. The first-order valence-electron chi connectivity index (χ1n) is 7.99. The molecule has 2 aromatic rings. The van der Waals surface area contributed by atoms with Crippen LogP contribution < -0.4 is 5.32 Å². The van der Waals surface area contributed by atoms with Crippen LogP contribution >= 0.6 is 0 Å². The van der Waals surface area contributed by atoms with Gasteiger partial charge < -0.3 is 5.32 Å². The highest BCUT2D eigenvalue weighted by Gasteiger charge is 2.32. The third kappa shape index (κ3) is 2.62. The first kappa shape index (κ1) is 14.8. The Balaban J connectivity index is 1.82. The molecule has 1 aromatic heterocycles. The lowest BCUT2D eigenvalue weighted by molar-refractivity contribution is -0.116. The molecule has 1 aromatic carbocycles. The third-order valence-corrected chi connectivity index (χ3v) is 4.38. The van der Waals surface area contributed by atoms with E-state index in [4.69, 9.17) is 4.99 Å². The summed E-state index contributed by atoms with van der Waals surface area (Å²) in [6.45, 7) is 0. The van der Waals surface area contributed by atoms with Crippen molar-refractivity contribution in [3.8, 4) is 0 Å². The number of rotatable bonds is 2. The highest BCUT2D eigenvalue weighted by Crippen LogP contribution is 2.36. The van der Waals surface area contributed by atoms with Crippen LogP contribution in [0.4, 0.5) is 4.39 Å². The summed E-state index contributed by atoms with van der Waals surface area (Å²) in [6, 6.07) is 9.59. The molecule has 0 saturated heterocycles. The molecule has 1 aliphatic heterocycles. The summed E-state index contributed by atoms with van der Waals surface area (Å²) in [6.07, 6.45) is 5.64. The highest BCUT2D eigenvalue weighted by molar-refractivity contribution is 6.05. The largest absolute Gasteiger partial charge is 0.343 e. The van der Waals surface area contributed by atoms with Gasteiger partial charge >= 0.3 is 0 Å². The van der Waals surface area contributed by atoms with Gasteiger partial charge in [0.2, 0.25) is 0 Å². The van der Waals surface area contributed by atoms with Gasteiger partial charge in [-0.1, -0.05) is 12.1 Å². The molecule has 0 spiro atoms. The molecule has 1 aliphatic carbocycles. The van der Waals surface area contributed by atoms with Crippen molar-refractivity contribution in [1.29, 1.82) is 0 Å². The minimum Gasteiger partial charge on any atom is -0.343 e. The second-order valence-corrected chi connectivity index (χ2v) is 5.97. The molecule has 4 nitrogen and oxygen atoms in total. The Hall–Kier alpha value is -2.82. The van der Waals surface area contributed by atoms with E-state index < -0.39 is 6.04 Å². The summed E-state index contributed by atoms with van der Waals surface area (Å²) in [4.78, 5) is 21.4. The maximum atomic E-state index is 13.3. The van der Waals surface area contributed by atoms with Crippen molar-refractivity contribution < 1.29 is 9.18 Å². The molecule has 0 fully saturated rings. The number of ketones is 1. The van der Waals surface area contributed by atoms with Crippen LogP contribution in [-0.4, -0.2) is 16.6 Å². The zero-order valence-corrected chi connectivity index (χ0v) is 13.0. The molecular weight excluding hydrogens is 305 g/mol. The van der Waals surface area contributed by atoms with E-state index >= 15 is 0 Å². The van der Waals surface area contributed by atoms with Crippen molar-refractivity contribution in [3.63, 3.8) is 0 Å². The van der Waals surface area contributed by atoms with Crippen molar-refractivity contribution in [3.05, 3.63) is 77.0 Å². The van der Waals surface area contributed by atoms with Gasteiger partial charge in [0.05, 0.1) is 0 Å². The highest BCUT2D eigenvalue weighted by atomic mass is 19.1. The van der Waals surface area contributed by atoms with Crippen molar-refractivity contribution in [1.82, 2.24) is 10.3 Å². The fraction of sp³-hybridized carbons (Fsp3) is 0.211. The summed E-state index contributed by atoms with van der Waals surface area (Å²) in [5, 5.41) is 3.31. The molecular formula is C19H16FN3O. The van der Waals surface area contributed by atoms with Gasteiger partial charge in [-0.3, -0.25) is 14.8 Å². The van der Waals surface area contributed by atoms with Crippen LogP contribution in [0.5, 0.6) is 0 Å². The number of hydrogen-bond donors (Lipinski definition) is 1. The van der Waals surface area contributed by atoms with Gasteiger partial charge in [-0.25, -0.2) is 4.39 Å². The molecule has 1 atom stereocenters. The van der Waals surface area contributed by atoms with Crippen LogP contribution in [0.3, 0.4) is 0 Å². The van der Waals surface area contributed by atoms with Crippen molar-refractivity contribution in [2.45, 2.75) is 25.3 Å². The molecule has 1 N–H and O–H groups in total. The molecule has 0 amide bonds. The second kappa shape index (κ2) is 6.00. The first-order valence-corrected chi connectivity index (χ1v) is 7.99. The van der Waals surface area contributed by atoms with Gasteiger partial charge in [0.1, 0.15) is 17.7 Å². The average molecular weight is 321 g/mol. The molecule has 120 valence electrons. The fourth-order valence-electron chi connectivity index (χ4n) is 3.22. The third-order valence-electron chi connectivity index (χ3n) is 4.38. The van der Waals surface area contributed by atoms with E-state index in [0.29, 0.717) is 17.8 Å². The molecule has 24 heavy (non-hydrogen) atoms. The van der Waals surface area contributed by atoms with Crippen LogP contribution in [-0.2, 0) is 4.79 Å². The number of amidine groups is 1. The van der Waals surface area contributed by atoms with Crippen LogP contribution in [0.25, 0.3) is 0 Å². The van der Waals surface area contributed by atoms with Gasteiger partial charge in [-0.15, -0.1) is 0 Å². The second-order valence-electron chi connectivity index (χ2n) is 5.97. The minimum atomic E-state index is -0.398. The zero-order chi connectivity index (χ0) is 16.5. The lowest BCUT2D eigenvalue weighted by Gasteiger charge is -2.30. The minimum absolute atomic E-state index is 0.118.